The fourth-order valence-corrected chi connectivity index (χ4v) is 2.13. The molecule has 2 heterocycles. The molecule has 0 spiro atoms. The van der Waals surface area contributed by atoms with Crippen LogP contribution in [-0.4, -0.2) is 41.4 Å². The van der Waals surface area contributed by atoms with Crippen molar-refractivity contribution in [2.24, 2.45) is 0 Å². The van der Waals surface area contributed by atoms with Crippen molar-refractivity contribution < 1.29 is 9.18 Å². The molecule has 18 heavy (non-hydrogen) atoms. The average Bonchev–Trinajstić information content (AvgIpc) is 2.94. The number of halogens is 1. The molecule has 1 aliphatic rings. The van der Waals surface area contributed by atoms with Crippen LogP contribution in [0.2, 0.25) is 0 Å². The lowest BCUT2D eigenvalue weighted by Crippen LogP contribution is -2.40. The van der Waals surface area contributed by atoms with Crippen LogP contribution in [0.4, 0.5) is 4.39 Å². The first kappa shape index (κ1) is 13.0. The first-order valence-electron chi connectivity index (χ1n) is 6.31. The van der Waals surface area contributed by atoms with Gasteiger partial charge in [-0.25, -0.2) is 4.39 Å². The van der Waals surface area contributed by atoms with Gasteiger partial charge in [0.2, 0.25) is 5.91 Å². The van der Waals surface area contributed by atoms with Gasteiger partial charge in [0.05, 0.1) is 12.2 Å². The molecule has 1 aromatic heterocycles. The number of amides is 1. The number of carbonyl (C=O) groups excluding carboxylic acids is 1. The Balaban J connectivity index is 1.64. The number of alkyl halides is 1. The second kappa shape index (κ2) is 5.95. The van der Waals surface area contributed by atoms with Crippen LogP contribution in [0, 0.1) is 6.92 Å². The highest BCUT2D eigenvalue weighted by Crippen LogP contribution is 2.10. The summed E-state index contributed by atoms with van der Waals surface area (Å²) in [4.78, 5) is 11.7. The van der Waals surface area contributed by atoms with E-state index >= 15 is 0 Å². The van der Waals surface area contributed by atoms with Gasteiger partial charge in [0.15, 0.2) is 0 Å². The Kier molecular flexibility index (Phi) is 4.30. The van der Waals surface area contributed by atoms with Crippen LogP contribution in [0.3, 0.4) is 0 Å². The topological polar surface area (TPSA) is 69.8 Å². The number of aromatic nitrogens is 2. The Morgan fingerprint density at radius 3 is 3.11 bits per heavy atom. The fourth-order valence-electron chi connectivity index (χ4n) is 2.13. The summed E-state index contributed by atoms with van der Waals surface area (Å²) in [6.45, 7) is 2.87. The third kappa shape index (κ3) is 3.29. The summed E-state index contributed by atoms with van der Waals surface area (Å²) < 4.78 is 12.9. The van der Waals surface area contributed by atoms with E-state index < -0.39 is 6.17 Å². The van der Waals surface area contributed by atoms with Crippen LogP contribution < -0.4 is 10.6 Å². The van der Waals surface area contributed by atoms with E-state index in [1.807, 2.05) is 13.1 Å². The minimum Gasteiger partial charge on any atom is -0.355 e. The lowest BCUT2D eigenvalue weighted by atomic mass is 10.1. The second-order valence-electron chi connectivity index (χ2n) is 4.71. The van der Waals surface area contributed by atoms with Crippen LogP contribution >= 0.6 is 0 Å². The van der Waals surface area contributed by atoms with Crippen LogP contribution in [0.25, 0.3) is 0 Å². The van der Waals surface area contributed by atoms with Crippen LogP contribution in [0.1, 0.15) is 24.1 Å². The molecule has 0 bridgehead atoms. The van der Waals surface area contributed by atoms with Gasteiger partial charge in [-0.1, -0.05) is 0 Å². The maximum Gasteiger partial charge on any atom is 0.237 e. The number of hydrogen-bond donors (Lipinski definition) is 3. The molecule has 2 rings (SSSR count). The van der Waals surface area contributed by atoms with E-state index in [1.54, 1.807) is 0 Å². The van der Waals surface area contributed by atoms with Gasteiger partial charge in [-0.2, -0.15) is 5.10 Å². The zero-order chi connectivity index (χ0) is 13.0. The molecule has 100 valence electrons. The van der Waals surface area contributed by atoms with Crippen LogP contribution in [0.15, 0.2) is 6.20 Å². The zero-order valence-corrected chi connectivity index (χ0v) is 10.5. The van der Waals surface area contributed by atoms with E-state index in [2.05, 4.69) is 20.8 Å². The first-order chi connectivity index (χ1) is 8.66. The number of nitrogens with one attached hydrogen (secondary N) is 3. The number of H-pyrrole nitrogens is 1. The van der Waals surface area contributed by atoms with Gasteiger partial charge in [0, 0.05) is 25.2 Å². The Morgan fingerprint density at radius 2 is 2.50 bits per heavy atom. The van der Waals surface area contributed by atoms with E-state index in [0.29, 0.717) is 6.54 Å². The molecule has 1 amide bonds. The maximum absolute atomic E-state index is 12.9. The minimum absolute atomic E-state index is 0.0981. The number of hydrogen-bond acceptors (Lipinski definition) is 3. The monoisotopic (exact) mass is 254 g/mol. The quantitative estimate of drug-likeness (QED) is 0.669. The van der Waals surface area contributed by atoms with Crippen LogP contribution in [-0.2, 0) is 11.2 Å². The lowest BCUT2D eigenvalue weighted by molar-refractivity contribution is -0.122. The van der Waals surface area contributed by atoms with Crippen molar-refractivity contribution in [3.8, 4) is 0 Å². The van der Waals surface area contributed by atoms with Crippen molar-refractivity contribution in [3.05, 3.63) is 17.5 Å². The van der Waals surface area contributed by atoms with E-state index in [0.717, 1.165) is 18.5 Å². The fraction of sp³-hybridized carbons (Fsp3) is 0.667. The van der Waals surface area contributed by atoms with Gasteiger partial charge in [0.25, 0.3) is 0 Å². The smallest absolute Gasteiger partial charge is 0.237 e. The lowest BCUT2D eigenvalue weighted by Gasteiger charge is -2.10. The van der Waals surface area contributed by atoms with Gasteiger partial charge in [-0.05, 0) is 25.3 Å². The molecule has 1 aliphatic heterocycles. The summed E-state index contributed by atoms with van der Waals surface area (Å²) in [7, 11) is 0. The summed E-state index contributed by atoms with van der Waals surface area (Å²) >= 11 is 0. The van der Waals surface area contributed by atoms with Crippen molar-refractivity contribution in [2.75, 3.05) is 13.1 Å². The van der Waals surface area contributed by atoms with Crippen molar-refractivity contribution in [1.82, 2.24) is 20.8 Å². The Morgan fingerprint density at radius 1 is 1.67 bits per heavy atom. The molecule has 0 aromatic carbocycles. The van der Waals surface area contributed by atoms with Crippen molar-refractivity contribution in [2.45, 2.75) is 38.4 Å². The minimum atomic E-state index is -0.894. The highest BCUT2D eigenvalue weighted by atomic mass is 19.1. The third-order valence-electron chi connectivity index (χ3n) is 3.25. The van der Waals surface area contributed by atoms with E-state index in [1.165, 1.54) is 5.56 Å². The molecule has 0 aliphatic carbocycles. The highest BCUT2D eigenvalue weighted by molar-refractivity contribution is 5.82. The maximum atomic E-state index is 12.9. The van der Waals surface area contributed by atoms with Gasteiger partial charge in [0.1, 0.15) is 6.17 Å². The highest BCUT2D eigenvalue weighted by Gasteiger charge is 2.28. The number of rotatable bonds is 5. The molecule has 1 fully saturated rings. The van der Waals surface area contributed by atoms with Gasteiger partial charge < -0.3 is 10.6 Å². The molecular weight excluding hydrogens is 235 g/mol. The number of carbonyl (C=O) groups is 1. The predicted molar refractivity (Wildman–Crippen MR) is 66.0 cm³/mol. The molecule has 0 unspecified atom stereocenters. The molecule has 2 atom stereocenters. The summed E-state index contributed by atoms with van der Waals surface area (Å²) in [5.74, 6) is -0.0981. The summed E-state index contributed by atoms with van der Waals surface area (Å²) in [5, 5.41) is 12.5. The van der Waals surface area contributed by atoms with Crippen LogP contribution in [0.5, 0.6) is 0 Å². The molecule has 3 N–H and O–H groups in total. The van der Waals surface area contributed by atoms with Gasteiger partial charge in [-0.15, -0.1) is 0 Å². The summed E-state index contributed by atoms with van der Waals surface area (Å²) in [6.07, 6.45) is 2.94. The summed E-state index contributed by atoms with van der Waals surface area (Å²) in [5.41, 5.74) is 2.24. The average molecular weight is 254 g/mol. The normalized spacial score (nSPS) is 23.2. The largest absolute Gasteiger partial charge is 0.355 e. The molecule has 0 saturated carbocycles. The third-order valence-corrected chi connectivity index (χ3v) is 3.25. The van der Waals surface area contributed by atoms with Gasteiger partial charge >= 0.3 is 0 Å². The number of aryl methyl sites for hydroxylation is 2. The van der Waals surface area contributed by atoms with Crippen molar-refractivity contribution >= 4 is 5.91 Å². The predicted octanol–water partition coefficient (Wildman–Crippen LogP) is 0.467. The van der Waals surface area contributed by atoms with Crippen molar-refractivity contribution in [1.29, 1.82) is 0 Å². The van der Waals surface area contributed by atoms with E-state index in [9.17, 15) is 9.18 Å². The Hall–Kier alpha value is -1.43. The van der Waals surface area contributed by atoms with E-state index in [-0.39, 0.29) is 24.9 Å². The molecule has 5 nitrogen and oxygen atoms in total. The molecule has 6 heteroatoms. The van der Waals surface area contributed by atoms with Gasteiger partial charge in [-0.3, -0.25) is 9.89 Å². The molecule has 1 saturated heterocycles. The molecule has 0 radical (unpaired) electrons. The summed E-state index contributed by atoms with van der Waals surface area (Å²) in [6, 6.07) is -0.365. The standard InChI is InChI=1S/C12H19FN4O/c1-8-9(6-16-17-8)3-2-4-14-12(18)11-5-10(13)7-15-11/h6,10-11,15H,2-5,7H2,1H3,(H,14,18)(H,16,17)/t10-,11+/m0/s1. The number of aromatic amines is 1. The van der Waals surface area contributed by atoms with E-state index in [4.69, 9.17) is 0 Å². The molecule has 1 aromatic rings. The Labute approximate surface area is 106 Å². The number of nitrogens with zero attached hydrogens (tertiary/aromatic N) is 1. The zero-order valence-electron chi connectivity index (χ0n) is 10.5. The SMILES string of the molecule is Cc1[nH]ncc1CCCNC(=O)[C@H]1C[C@H](F)CN1. The first-order valence-corrected chi connectivity index (χ1v) is 6.31. The Bertz CT molecular complexity index is 407. The van der Waals surface area contributed by atoms with Crippen molar-refractivity contribution in [3.63, 3.8) is 0 Å². The second-order valence-corrected chi connectivity index (χ2v) is 4.71. The molecular formula is C12H19FN4O.